The summed E-state index contributed by atoms with van der Waals surface area (Å²) in [6, 6.07) is 5.48. The molecule has 1 aromatic carbocycles. The van der Waals surface area contributed by atoms with E-state index in [2.05, 4.69) is 34.7 Å². The molecule has 1 amide bonds. The van der Waals surface area contributed by atoms with Gasteiger partial charge in [0.2, 0.25) is 5.91 Å². The molecule has 2 N–H and O–H groups in total. The van der Waals surface area contributed by atoms with Crippen molar-refractivity contribution in [2.45, 2.75) is 19.8 Å². The van der Waals surface area contributed by atoms with Crippen molar-refractivity contribution in [1.82, 2.24) is 15.4 Å². The number of methoxy groups -OCH3 is 1. The van der Waals surface area contributed by atoms with Crippen LogP contribution in [-0.4, -0.2) is 61.5 Å². The second kappa shape index (κ2) is 8.14. The zero-order chi connectivity index (χ0) is 20.5. The number of hydrogen-bond donors (Lipinski definition) is 2. The monoisotopic (exact) mass is 416 g/mol. The first kappa shape index (κ1) is 19.9. The maximum absolute atomic E-state index is 13.0. The number of hydrazine groups is 1. The van der Waals surface area contributed by atoms with E-state index in [-0.39, 0.29) is 5.91 Å². The Morgan fingerprint density at radius 1 is 1.41 bits per heavy atom. The van der Waals surface area contributed by atoms with Crippen molar-refractivity contribution in [2.75, 3.05) is 38.7 Å². The molecule has 0 saturated heterocycles. The number of nitrogens with one attached hydrogen (secondary N) is 2. The van der Waals surface area contributed by atoms with Crippen molar-refractivity contribution in [3.05, 3.63) is 40.1 Å². The summed E-state index contributed by atoms with van der Waals surface area (Å²) in [5.41, 5.74) is 6.73. The number of hydrogen-bond acceptors (Lipinski definition) is 7. The van der Waals surface area contributed by atoms with Gasteiger partial charge in [0.25, 0.3) is 0 Å². The minimum atomic E-state index is -0.496. The predicted molar refractivity (Wildman–Crippen MR) is 114 cm³/mol. The number of fused-ring (bicyclic) bond motifs is 2. The van der Waals surface area contributed by atoms with Gasteiger partial charge < -0.3 is 10.1 Å². The molecule has 3 aliphatic rings. The number of nitrogens with zero attached hydrogens (tertiary/aromatic N) is 4. The second-order valence-corrected chi connectivity index (χ2v) is 8.13. The van der Waals surface area contributed by atoms with Gasteiger partial charge in [0.15, 0.2) is 5.84 Å². The first-order valence-corrected chi connectivity index (χ1v) is 10.1. The van der Waals surface area contributed by atoms with E-state index in [1.54, 1.807) is 19.5 Å². The Morgan fingerprint density at radius 2 is 2.24 bits per heavy atom. The summed E-state index contributed by atoms with van der Waals surface area (Å²) in [4.78, 5) is 17.5. The number of ether oxygens (including phenoxy) is 1. The number of anilines is 1. The third-order valence-corrected chi connectivity index (χ3v) is 5.23. The second-order valence-electron chi connectivity index (χ2n) is 7.70. The molecular weight excluding hydrogens is 392 g/mol. The van der Waals surface area contributed by atoms with Crippen LogP contribution in [0.5, 0.6) is 0 Å². The highest BCUT2D eigenvalue weighted by Crippen LogP contribution is 2.42. The molecule has 0 saturated carbocycles. The first-order chi connectivity index (χ1) is 14.0. The average Bonchev–Trinajstić information content (AvgIpc) is 3.21. The molecule has 0 aromatic heterocycles. The van der Waals surface area contributed by atoms with E-state index in [4.69, 9.17) is 16.3 Å². The summed E-state index contributed by atoms with van der Waals surface area (Å²) in [6.45, 7) is 6.86. The third kappa shape index (κ3) is 3.88. The van der Waals surface area contributed by atoms with Gasteiger partial charge in [-0.05, 0) is 29.7 Å². The number of carbonyl (C=O) groups is 1. The quantitative estimate of drug-likeness (QED) is 0.667. The highest BCUT2D eigenvalue weighted by molar-refractivity contribution is 6.31. The minimum absolute atomic E-state index is 0.0831. The van der Waals surface area contributed by atoms with Crippen LogP contribution in [-0.2, 0) is 9.53 Å². The summed E-state index contributed by atoms with van der Waals surface area (Å²) < 4.78 is 5.16. The van der Waals surface area contributed by atoms with Gasteiger partial charge in [-0.1, -0.05) is 25.4 Å². The summed E-state index contributed by atoms with van der Waals surface area (Å²) in [7, 11) is 1.65. The summed E-state index contributed by atoms with van der Waals surface area (Å²) in [6.07, 6.45) is 1.68. The number of hydrazone groups is 1. The molecule has 154 valence electrons. The van der Waals surface area contributed by atoms with Crippen molar-refractivity contribution >= 4 is 35.4 Å². The number of benzene rings is 1. The number of halogens is 1. The van der Waals surface area contributed by atoms with Gasteiger partial charge in [0.05, 0.1) is 18.8 Å². The maximum atomic E-state index is 13.0. The Balaban J connectivity index is 1.75. The van der Waals surface area contributed by atoms with E-state index >= 15 is 0 Å². The van der Waals surface area contributed by atoms with Crippen LogP contribution in [0.2, 0.25) is 5.02 Å². The molecule has 0 bridgehead atoms. The fourth-order valence-electron chi connectivity index (χ4n) is 3.84. The molecule has 3 aliphatic heterocycles. The molecule has 1 aromatic rings. The standard InChI is InChI=1S/C20H25ClN6O2/c1-12(2)9-26-10-15-18(27(23-6-7-29-3)11-22-19(15)25-26)17-14-8-13(21)4-5-16(14)24-20(17)28/h4-5,8,11-12,17,23H,6-7,9-10H2,1-3H3,(H,24,28). The van der Waals surface area contributed by atoms with Crippen molar-refractivity contribution in [3.8, 4) is 0 Å². The smallest absolute Gasteiger partial charge is 0.238 e. The van der Waals surface area contributed by atoms with E-state index in [9.17, 15) is 4.79 Å². The molecule has 4 rings (SSSR count). The molecule has 1 atom stereocenters. The van der Waals surface area contributed by atoms with Crippen LogP contribution in [0.25, 0.3) is 0 Å². The van der Waals surface area contributed by atoms with Crippen molar-refractivity contribution in [3.63, 3.8) is 0 Å². The van der Waals surface area contributed by atoms with Crippen molar-refractivity contribution in [1.29, 1.82) is 0 Å². The van der Waals surface area contributed by atoms with Gasteiger partial charge in [-0.2, -0.15) is 5.10 Å². The van der Waals surface area contributed by atoms with E-state index in [0.29, 0.717) is 36.5 Å². The Hall–Kier alpha value is -2.42. The summed E-state index contributed by atoms with van der Waals surface area (Å²) in [5.74, 6) is 0.552. The molecule has 0 fully saturated rings. The van der Waals surface area contributed by atoms with Gasteiger partial charge in [0.1, 0.15) is 12.3 Å². The van der Waals surface area contributed by atoms with Gasteiger partial charge in [0, 0.05) is 36.5 Å². The third-order valence-electron chi connectivity index (χ3n) is 4.99. The fourth-order valence-corrected chi connectivity index (χ4v) is 4.02. The molecule has 0 radical (unpaired) electrons. The number of carbonyl (C=O) groups excluding carboxylic acids is 1. The lowest BCUT2D eigenvalue weighted by molar-refractivity contribution is -0.116. The van der Waals surface area contributed by atoms with Gasteiger partial charge in [-0.3, -0.25) is 14.8 Å². The SMILES string of the molecule is COCCNN1C=NC2=NN(CC(C)C)CC2=C1C1C(=O)Nc2ccc(Cl)cc21. The summed E-state index contributed by atoms with van der Waals surface area (Å²) in [5, 5.41) is 12.1. The highest BCUT2D eigenvalue weighted by atomic mass is 35.5. The van der Waals surface area contributed by atoms with Crippen LogP contribution in [0, 0.1) is 5.92 Å². The van der Waals surface area contributed by atoms with E-state index in [1.807, 2.05) is 22.2 Å². The molecule has 8 nitrogen and oxygen atoms in total. The van der Waals surface area contributed by atoms with E-state index in [1.165, 1.54) is 0 Å². The Morgan fingerprint density at radius 3 is 3.00 bits per heavy atom. The zero-order valence-electron chi connectivity index (χ0n) is 16.8. The average molecular weight is 417 g/mol. The molecule has 3 heterocycles. The fraction of sp³-hybridized carbons (Fsp3) is 0.450. The van der Waals surface area contributed by atoms with Crippen LogP contribution in [0.1, 0.15) is 25.3 Å². The van der Waals surface area contributed by atoms with Crippen LogP contribution < -0.4 is 10.7 Å². The molecule has 0 spiro atoms. The van der Waals surface area contributed by atoms with Crippen LogP contribution >= 0.6 is 11.6 Å². The summed E-state index contributed by atoms with van der Waals surface area (Å²) >= 11 is 6.25. The number of rotatable bonds is 7. The zero-order valence-corrected chi connectivity index (χ0v) is 17.5. The molecule has 1 unspecified atom stereocenters. The lowest BCUT2D eigenvalue weighted by Crippen LogP contribution is -2.44. The van der Waals surface area contributed by atoms with E-state index in [0.717, 1.165) is 29.1 Å². The molecule has 0 aliphatic carbocycles. The highest BCUT2D eigenvalue weighted by Gasteiger charge is 2.41. The number of amides is 1. The van der Waals surface area contributed by atoms with Crippen molar-refractivity contribution < 1.29 is 9.53 Å². The van der Waals surface area contributed by atoms with Crippen LogP contribution in [0.15, 0.2) is 39.6 Å². The van der Waals surface area contributed by atoms with Gasteiger partial charge in [-0.15, -0.1) is 0 Å². The van der Waals surface area contributed by atoms with E-state index < -0.39 is 5.92 Å². The normalized spacial score (nSPS) is 20.4. The van der Waals surface area contributed by atoms with Crippen LogP contribution in [0.4, 0.5) is 5.69 Å². The van der Waals surface area contributed by atoms with Gasteiger partial charge in [-0.25, -0.2) is 10.4 Å². The first-order valence-electron chi connectivity index (χ1n) is 9.71. The molecular formula is C20H25ClN6O2. The number of aliphatic imine (C=N–C) groups is 1. The molecule has 9 heteroatoms. The molecule has 29 heavy (non-hydrogen) atoms. The van der Waals surface area contributed by atoms with Gasteiger partial charge >= 0.3 is 0 Å². The number of amidine groups is 1. The lowest BCUT2D eigenvalue weighted by Gasteiger charge is -2.31. The Kier molecular flexibility index (Phi) is 5.58. The minimum Gasteiger partial charge on any atom is -0.383 e. The Labute approximate surface area is 175 Å². The maximum Gasteiger partial charge on any atom is 0.238 e. The topological polar surface area (TPSA) is 81.6 Å². The Bertz CT molecular complexity index is 910. The van der Waals surface area contributed by atoms with Crippen LogP contribution in [0.3, 0.4) is 0 Å². The predicted octanol–water partition coefficient (Wildman–Crippen LogP) is 2.41. The van der Waals surface area contributed by atoms with Crippen molar-refractivity contribution in [2.24, 2.45) is 16.0 Å². The lowest BCUT2D eigenvalue weighted by atomic mass is 9.92. The largest absolute Gasteiger partial charge is 0.383 e.